The average molecular weight is 389 g/mol. The van der Waals surface area contributed by atoms with Gasteiger partial charge in [0.2, 0.25) is 11.8 Å². The first-order valence-corrected chi connectivity index (χ1v) is 10.5. The largest absolute Gasteiger partial charge is 0.342 e. The molecule has 0 aromatic heterocycles. The standard InChI is InChI=1S/C22H36N4O2/c1-6-26(7-2)21(28)16-25-13-11-24(12-14-25)15-20(27)23-22-18(5)9-8-10-19(22)17(3)4/h8-10,17H,6-7,11-16H2,1-5H3,(H,23,27). The molecule has 1 aromatic rings. The molecule has 0 aliphatic carbocycles. The number of nitrogens with zero attached hydrogens (tertiary/aromatic N) is 3. The minimum absolute atomic E-state index is 0.0314. The third-order valence-corrected chi connectivity index (χ3v) is 5.50. The normalized spacial score (nSPS) is 15.6. The first-order chi connectivity index (χ1) is 13.3. The molecule has 0 bridgehead atoms. The van der Waals surface area contributed by atoms with Crippen LogP contribution in [-0.4, -0.2) is 78.9 Å². The number of carbonyl (C=O) groups excluding carboxylic acids is 2. The van der Waals surface area contributed by atoms with E-state index >= 15 is 0 Å². The SMILES string of the molecule is CCN(CC)C(=O)CN1CCN(CC(=O)Nc2c(C)cccc2C(C)C)CC1. The van der Waals surface area contributed by atoms with Crippen molar-refractivity contribution >= 4 is 17.5 Å². The Balaban J connectivity index is 1.84. The third kappa shape index (κ3) is 6.04. The van der Waals surface area contributed by atoms with Gasteiger partial charge in [-0.05, 0) is 37.8 Å². The van der Waals surface area contributed by atoms with Crippen LogP contribution in [0.5, 0.6) is 0 Å². The molecular weight excluding hydrogens is 352 g/mol. The van der Waals surface area contributed by atoms with Crippen LogP contribution in [-0.2, 0) is 9.59 Å². The average Bonchev–Trinajstić information content (AvgIpc) is 2.65. The van der Waals surface area contributed by atoms with Crippen molar-refractivity contribution in [2.24, 2.45) is 0 Å². The van der Waals surface area contributed by atoms with E-state index in [0.29, 0.717) is 19.0 Å². The highest BCUT2D eigenvalue weighted by Crippen LogP contribution is 2.27. The zero-order valence-corrected chi connectivity index (χ0v) is 18.1. The number of anilines is 1. The zero-order chi connectivity index (χ0) is 20.7. The van der Waals surface area contributed by atoms with Crippen LogP contribution < -0.4 is 5.32 Å². The summed E-state index contributed by atoms with van der Waals surface area (Å²) < 4.78 is 0. The smallest absolute Gasteiger partial charge is 0.238 e. The lowest BCUT2D eigenvalue weighted by molar-refractivity contribution is -0.132. The van der Waals surface area contributed by atoms with Gasteiger partial charge >= 0.3 is 0 Å². The second kappa shape index (κ2) is 10.6. The van der Waals surface area contributed by atoms with E-state index in [-0.39, 0.29) is 11.8 Å². The Morgan fingerprint density at radius 2 is 1.61 bits per heavy atom. The number of piperazine rings is 1. The molecule has 0 atom stereocenters. The van der Waals surface area contributed by atoms with Crippen molar-refractivity contribution in [3.8, 4) is 0 Å². The number of carbonyl (C=O) groups is 2. The van der Waals surface area contributed by atoms with Gasteiger partial charge in [-0.15, -0.1) is 0 Å². The molecule has 1 aliphatic rings. The minimum atomic E-state index is 0.0314. The Labute approximate surface area is 169 Å². The lowest BCUT2D eigenvalue weighted by Gasteiger charge is -2.34. The van der Waals surface area contributed by atoms with Crippen LogP contribution in [0.15, 0.2) is 18.2 Å². The van der Waals surface area contributed by atoms with E-state index in [2.05, 4.69) is 35.0 Å². The summed E-state index contributed by atoms with van der Waals surface area (Å²) in [6.45, 7) is 16.0. The predicted octanol–water partition coefficient (Wildman–Crippen LogP) is 2.54. The van der Waals surface area contributed by atoms with Crippen molar-refractivity contribution in [1.29, 1.82) is 0 Å². The molecule has 0 unspecified atom stereocenters. The van der Waals surface area contributed by atoms with Crippen LogP contribution in [0.4, 0.5) is 5.69 Å². The monoisotopic (exact) mass is 388 g/mol. The summed E-state index contributed by atoms with van der Waals surface area (Å²) in [7, 11) is 0. The van der Waals surface area contributed by atoms with Crippen molar-refractivity contribution in [3.63, 3.8) is 0 Å². The number of hydrogen-bond donors (Lipinski definition) is 1. The third-order valence-electron chi connectivity index (χ3n) is 5.50. The highest BCUT2D eigenvalue weighted by molar-refractivity contribution is 5.94. The lowest BCUT2D eigenvalue weighted by Crippen LogP contribution is -2.51. The summed E-state index contributed by atoms with van der Waals surface area (Å²) in [6, 6.07) is 6.16. The number of benzene rings is 1. The summed E-state index contributed by atoms with van der Waals surface area (Å²) >= 11 is 0. The number of likely N-dealkylation sites (N-methyl/N-ethyl adjacent to an activating group) is 1. The Bertz CT molecular complexity index is 663. The number of aryl methyl sites for hydroxylation is 1. The summed E-state index contributed by atoms with van der Waals surface area (Å²) in [6.07, 6.45) is 0. The van der Waals surface area contributed by atoms with Crippen molar-refractivity contribution in [2.45, 2.75) is 40.5 Å². The molecule has 28 heavy (non-hydrogen) atoms. The minimum Gasteiger partial charge on any atom is -0.342 e. The Morgan fingerprint density at radius 3 is 2.14 bits per heavy atom. The van der Waals surface area contributed by atoms with E-state index in [1.165, 1.54) is 5.56 Å². The van der Waals surface area contributed by atoms with Crippen molar-refractivity contribution in [3.05, 3.63) is 29.3 Å². The van der Waals surface area contributed by atoms with Crippen LogP contribution in [0.25, 0.3) is 0 Å². The summed E-state index contributed by atoms with van der Waals surface area (Å²) in [5.41, 5.74) is 3.22. The van der Waals surface area contributed by atoms with Crippen molar-refractivity contribution in [1.82, 2.24) is 14.7 Å². The lowest BCUT2D eigenvalue weighted by atomic mass is 9.98. The van der Waals surface area contributed by atoms with Crippen molar-refractivity contribution < 1.29 is 9.59 Å². The molecule has 1 N–H and O–H groups in total. The van der Waals surface area contributed by atoms with Gasteiger partial charge in [0.25, 0.3) is 0 Å². The maximum Gasteiger partial charge on any atom is 0.238 e. The molecule has 156 valence electrons. The number of nitrogens with one attached hydrogen (secondary N) is 1. The summed E-state index contributed by atoms with van der Waals surface area (Å²) in [5.74, 6) is 0.586. The van der Waals surface area contributed by atoms with Gasteiger partial charge in [0.15, 0.2) is 0 Å². The van der Waals surface area contributed by atoms with Crippen LogP contribution >= 0.6 is 0 Å². The predicted molar refractivity (Wildman–Crippen MR) is 115 cm³/mol. The molecular formula is C22H36N4O2. The molecule has 0 saturated carbocycles. The van der Waals surface area contributed by atoms with E-state index in [9.17, 15) is 9.59 Å². The Hall–Kier alpha value is -1.92. The summed E-state index contributed by atoms with van der Waals surface area (Å²) in [4.78, 5) is 31.1. The van der Waals surface area contributed by atoms with Gasteiger partial charge < -0.3 is 10.2 Å². The molecule has 1 saturated heterocycles. The Kier molecular flexibility index (Phi) is 8.45. The molecule has 1 heterocycles. The van der Waals surface area contributed by atoms with Crippen LogP contribution in [0.2, 0.25) is 0 Å². The van der Waals surface area contributed by atoms with E-state index in [4.69, 9.17) is 0 Å². The Morgan fingerprint density at radius 1 is 1.04 bits per heavy atom. The first-order valence-electron chi connectivity index (χ1n) is 10.5. The molecule has 2 amide bonds. The van der Waals surface area contributed by atoms with Crippen LogP contribution in [0.3, 0.4) is 0 Å². The highest BCUT2D eigenvalue weighted by atomic mass is 16.2. The molecule has 1 aliphatic heterocycles. The van der Waals surface area contributed by atoms with Gasteiger partial charge in [-0.2, -0.15) is 0 Å². The molecule has 0 radical (unpaired) electrons. The molecule has 1 fully saturated rings. The molecule has 2 rings (SSSR count). The topological polar surface area (TPSA) is 55.9 Å². The van der Waals surface area contributed by atoms with Gasteiger partial charge in [0.1, 0.15) is 0 Å². The summed E-state index contributed by atoms with van der Waals surface area (Å²) in [5, 5.41) is 3.13. The quantitative estimate of drug-likeness (QED) is 0.744. The van der Waals surface area contributed by atoms with Crippen molar-refractivity contribution in [2.75, 3.05) is 57.7 Å². The molecule has 1 aromatic carbocycles. The number of rotatable bonds is 8. The number of para-hydroxylation sites is 1. The molecule has 6 nitrogen and oxygen atoms in total. The maximum atomic E-state index is 12.6. The van der Waals surface area contributed by atoms with Gasteiger partial charge in [0.05, 0.1) is 13.1 Å². The van der Waals surface area contributed by atoms with Crippen LogP contribution in [0.1, 0.15) is 44.7 Å². The highest BCUT2D eigenvalue weighted by Gasteiger charge is 2.22. The second-order valence-electron chi connectivity index (χ2n) is 7.86. The first kappa shape index (κ1) is 22.4. The van der Waals surface area contributed by atoms with E-state index in [0.717, 1.165) is 50.5 Å². The second-order valence-corrected chi connectivity index (χ2v) is 7.86. The number of amides is 2. The van der Waals surface area contributed by atoms with E-state index < -0.39 is 0 Å². The van der Waals surface area contributed by atoms with Gasteiger partial charge in [-0.3, -0.25) is 19.4 Å². The van der Waals surface area contributed by atoms with E-state index in [1.807, 2.05) is 37.8 Å². The van der Waals surface area contributed by atoms with Crippen LogP contribution in [0, 0.1) is 6.92 Å². The van der Waals surface area contributed by atoms with Gasteiger partial charge in [-0.25, -0.2) is 0 Å². The molecule has 0 spiro atoms. The maximum absolute atomic E-state index is 12.6. The van der Waals surface area contributed by atoms with Gasteiger partial charge in [-0.1, -0.05) is 32.0 Å². The number of hydrogen-bond acceptors (Lipinski definition) is 4. The fourth-order valence-corrected chi connectivity index (χ4v) is 3.70. The fraction of sp³-hybridized carbons (Fsp3) is 0.636. The fourth-order valence-electron chi connectivity index (χ4n) is 3.70. The zero-order valence-electron chi connectivity index (χ0n) is 18.1. The van der Waals surface area contributed by atoms with E-state index in [1.54, 1.807) is 0 Å². The van der Waals surface area contributed by atoms with Gasteiger partial charge in [0, 0.05) is 45.0 Å². The molecule has 6 heteroatoms.